The van der Waals surface area contributed by atoms with E-state index in [4.69, 9.17) is 5.73 Å². The summed E-state index contributed by atoms with van der Waals surface area (Å²) in [6.07, 6.45) is -0.886. The van der Waals surface area contributed by atoms with Crippen LogP contribution in [-0.2, 0) is 19.0 Å². The molecule has 0 spiro atoms. The second kappa shape index (κ2) is 7.37. The molecule has 1 amide bonds. The summed E-state index contributed by atoms with van der Waals surface area (Å²) in [6.45, 7) is 0.562. The standard InChI is InChI=1S/C22H18F3N3O2/c23-22(24,25)16-4-1-3-14(10-16)9-15-11-17(13-27(30)12-15)28-8-7-18-19(21(26)29)5-2-6-20(18)28/h1-6,10-13H,7-9H2,(H2,26,29). The number of hydrogen-bond acceptors (Lipinski definition) is 3. The molecule has 2 heterocycles. The third-order valence-electron chi connectivity index (χ3n) is 5.15. The first-order valence-electron chi connectivity index (χ1n) is 9.30. The van der Waals surface area contributed by atoms with E-state index in [1.807, 2.05) is 11.0 Å². The number of carbonyl (C=O) groups is 1. The van der Waals surface area contributed by atoms with Gasteiger partial charge in [0.2, 0.25) is 12.1 Å². The van der Waals surface area contributed by atoms with Gasteiger partial charge in [-0.05, 0) is 41.8 Å². The second-order valence-electron chi connectivity index (χ2n) is 7.21. The van der Waals surface area contributed by atoms with E-state index >= 15 is 0 Å². The number of aromatic nitrogens is 1. The summed E-state index contributed by atoms with van der Waals surface area (Å²) < 4.78 is 39.6. The van der Waals surface area contributed by atoms with Gasteiger partial charge < -0.3 is 15.8 Å². The van der Waals surface area contributed by atoms with Crippen LogP contribution in [0, 0.1) is 5.21 Å². The Morgan fingerprint density at radius 3 is 2.60 bits per heavy atom. The van der Waals surface area contributed by atoms with E-state index in [1.165, 1.54) is 18.5 Å². The van der Waals surface area contributed by atoms with Crippen LogP contribution in [0.5, 0.6) is 0 Å². The number of alkyl halides is 3. The van der Waals surface area contributed by atoms with Crippen molar-refractivity contribution in [1.29, 1.82) is 0 Å². The maximum Gasteiger partial charge on any atom is 0.416 e. The molecule has 0 saturated carbocycles. The molecule has 4 rings (SSSR count). The highest BCUT2D eigenvalue weighted by atomic mass is 19.4. The first kappa shape index (κ1) is 19.8. The van der Waals surface area contributed by atoms with Crippen LogP contribution < -0.4 is 15.4 Å². The summed E-state index contributed by atoms with van der Waals surface area (Å²) in [5.74, 6) is -0.508. The van der Waals surface area contributed by atoms with Gasteiger partial charge >= 0.3 is 6.18 Å². The number of pyridine rings is 1. The average Bonchev–Trinajstić information content (AvgIpc) is 3.11. The maximum absolute atomic E-state index is 13.0. The molecule has 0 atom stereocenters. The Morgan fingerprint density at radius 2 is 1.87 bits per heavy atom. The molecule has 1 aliphatic heterocycles. The molecule has 1 aliphatic rings. The van der Waals surface area contributed by atoms with Crippen molar-refractivity contribution in [3.05, 3.63) is 93.9 Å². The molecule has 154 valence electrons. The molecule has 0 fully saturated rings. The minimum absolute atomic E-state index is 0.183. The first-order chi connectivity index (χ1) is 14.2. The monoisotopic (exact) mass is 413 g/mol. The van der Waals surface area contributed by atoms with Gasteiger partial charge in [-0.15, -0.1) is 0 Å². The quantitative estimate of drug-likeness (QED) is 0.523. The number of nitrogens with zero attached hydrogens (tertiary/aromatic N) is 2. The number of hydrogen-bond donors (Lipinski definition) is 1. The van der Waals surface area contributed by atoms with Gasteiger partial charge in [-0.3, -0.25) is 4.79 Å². The molecular weight excluding hydrogens is 395 g/mol. The Morgan fingerprint density at radius 1 is 1.10 bits per heavy atom. The Kier molecular flexibility index (Phi) is 4.85. The summed E-state index contributed by atoms with van der Waals surface area (Å²) in [5, 5.41) is 12.2. The molecule has 0 bridgehead atoms. The smallest absolute Gasteiger partial charge is 0.416 e. The number of nitrogens with two attached hydrogens (primary N) is 1. The summed E-state index contributed by atoms with van der Waals surface area (Å²) in [7, 11) is 0. The summed E-state index contributed by atoms with van der Waals surface area (Å²) in [6, 6.07) is 12.1. The van der Waals surface area contributed by atoms with Gasteiger partial charge in [-0.2, -0.15) is 17.9 Å². The van der Waals surface area contributed by atoms with Crippen LogP contribution in [0.2, 0.25) is 0 Å². The topological polar surface area (TPSA) is 73.3 Å². The maximum atomic E-state index is 13.0. The number of amides is 1. The van der Waals surface area contributed by atoms with Crippen molar-refractivity contribution in [2.45, 2.75) is 19.0 Å². The predicted octanol–water partition coefficient (Wildman–Crippen LogP) is 3.72. The van der Waals surface area contributed by atoms with E-state index < -0.39 is 17.6 Å². The SMILES string of the molecule is NC(=O)c1cccc2c1CCN2c1cc(Cc2cccc(C(F)(F)F)c2)c[n+]([O-])c1. The zero-order chi connectivity index (χ0) is 21.5. The summed E-state index contributed by atoms with van der Waals surface area (Å²) in [4.78, 5) is 13.6. The molecule has 2 aromatic carbocycles. The number of fused-ring (bicyclic) bond motifs is 1. The van der Waals surface area contributed by atoms with Crippen molar-refractivity contribution in [2.24, 2.45) is 5.73 Å². The predicted molar refractivity (Wildman–Crippen MR) is 105 cm³/mol. The lowest BCUT2D eigenvalue weighted by atomic mass is 10.0. The minimum atomic E-state index is -4.42. The number of rotatable bonds is 4. The van der Waals surface area contributed by atoms with Gasteiger partial charge in [-0.25, -0.2) is 0 Å². The molecule has 1 aromatic heterocycles. The molecule has 0 unspecified atom stereocenters. The minimum Gasteiger partial charge on any atom is -0.619 e. The number of anilines is 2. The Hall–Kier alpha value is -3.55. The lowest BCUT2D eigenvalue weighted by molar-refractivity contribution is -0.605. The molecule has 8 heteroatoms. The van der Waals surface area contributed by atoms with E-state index in [9.17, 15) is 23.2 Å². The molecule has 3 aromatic rings. The fourth-order valence-corrected chi connectivity index (χ4v) is 3.87. The van der Waals surface area contributed by atoms with Crippen LogP contribution in [0.25, 0.3) is 0 Å². The first-order valence-corrected chi connectivity index (χ1v) is 9.30. The molecule has 5 nitrogen and oxygen atoms in total. The van der Waals surface area contributed by atoms with Crippen LogP contribution in [-0.4, -0.2) is 12.5 Å². The fourth-order valence-electron chi connectivity index (χ4n) is 3.87. The third kappa shape index (κ3) is 3.80. The fraction of sp³-hybridized carbons (Fsp3) is 0.182. The summed E-state index contributed by atoms with van der Waals surface area (Å²) >= 11 is 0. The molecule has 30 heavy (non-hydrogen) atoms. The van der Waals surface area contributed by atoms with Gasteiger partial charge in [0.1, 0.15) is 5.69 Å². The van der Waals surface area contributed by atoms with Gasteiger partial charge in [0, 0.05) is 29.8 Å². The molecule has 2 N–H and O–H groups in total. The van der Waals surface area contributed by atoms with Crippen molar-refractivity contribution in [1.82, 2.24) is 0 Å². The molecular formula is C22H18F3N3O2. The highest BCUT2D eigenvalue weighted by Crippen LogP contribution is 2.36. The number of benzene rings is 2. The van der Waals surface area contributed by atoms with E-state index in [0.29, 0.717) is 40.1 Å². The summed E-state index contributed by atoms with van der Waals surface area (Å²) in [5.41, 5.74) is 8.45. The van der Waals surface area contributed by atoms with Gasteiger partial charge in [0.25, 0.3) is 0 Å². The average molecular weight is 413 g/mol. The van der Waals surface area contributed by atoms with E-state index in [-0.39, 0.29) is 6.42 Å². The van der Waals surface area contributed by atoms with Crippen LogP contribution in [0.3, 0.4) is 0 Å². The number of halogens is 3. The van der Waals surface area contributed by atoms with Crippen LogP contribution in [0.1, 0.15) is 32.6 Å². The molecule has 0 radical (unpaired) electrons. The van der Waals surface area contributed by atoms with Crippen LogP contribution in [0.15, 0.2) is 60.9 Å². The van der Waals surface area contributed by atoms with Gasteiger partial charge in [-0.1, -0.05) is 24.3 Å². The number of primary amides is 1. The highest BCUT2D eigenvalue weighted by Gasteiger charge is 2.30. The van der Waals surface area contributed by atoms with Gasteiger partial charge in [0.15, 0.2) is 6.20 Å². The third-order valence-corrected chi connectivity index (χ3v) is 5.15. The largest absolute Gasteiger partial charge is 0.619 e. The van der Waals surface area contributed by atoms with E-state index in [0.717, 1.165) is 23.4 Å². The van der Waals surface area contributed by atoms with Gasteiger partial charge in [0.05, 0.1) is 5.56 Å². The van der Waals surface area contributed by atoms with Crippen molar-refractivity contribution < 1.29 is 22.7 Å². The van der Waals surface area contributed by atoms with Crippen molar-refractivity contribution >= 4 is 17.3 Å². The van der Waals surface area contributed by atoms with Crippen molar-refractivity contribution in [3.8, 4) is 0 Å². The zero-order valence-corrected chi connectivity index (χ0v) is 15.8. The number of carbonyl (C=O) groups excluding carboxylic acids is 1. The van der Waals surface area contributed by atoms with Crippen molar-refractivity contribution in [3.63, 3.8) is 0 Å². The zero-order valence-electron chi connectivity index (χ0n) is 15.8. The normalized spacial score (nSPS) is 13.4. The van der Waals surface area contributed by atoms with E-state index in [2.05, 4.69) is 0 Å². The lowest BCUT2D eigenvalue weighted by Crippen LogP contribution is -2.28. The van der Waals surface area contributed by atoms with Crippen LogP contribution in [0.4, 0.5) is 24.5 Å². The molecule has 0 saturated heterocycles. The Labute approximate surface area is 170 Å². The Bertz CT molecular complexity index is 1130. The lowest BCUT2D eigenvalue weighted by Gasteiger charge is -2.19. The highest BCUT2D eigenvalue weighted by molar-refractivity contribution is 5.96. The van der Waals surface area contributed by atoms with Crippen molar-refractivity contribution in [2.75, 3.05) is 11.4 Å². The second-order valence-corrected chi connectivity index (χ2v) is 7.21. The van der Waals surface area contributed by atoms with E-state index in [1.54, 1.807) is 24.3 Å². The Balaban J connectivity index is 1.67. The van der Waals surface area contributed by atoms with Crippen LogP contribution >= 0.6 is 0 Å². The molecule has 0 aliphatic carbocycles.